The summed E-state index contributed by atoms with van der Waals surface area (Å²) in [5.74, 6) is 0.736. The zero-order chi connectivity index (χ0) is 7.11. The molecule has 0 radical (unpaired) electrons. The fraction of sp³-hybridized carbons (Fsp3) is 0.429. The largest absolute Gasteiger partial charge is 0.508 e. The quantitative estimate of drug-likeness (QED) is 0.369. The SMILES string of the molecule is CC/C=C(O)\C=C/CCl. The molecule has 0 aromatic heterocycles. The van der Waals surface area contributed by atoms with Gasteiger partial charge in [0.2, 0.25) is 0 Å². The monoisotopic (exact) mass is 146 g/mol. The molecule has 1 nitrogen and oxygen atoms in total. The van der Waals surface area contributed by atoms with Crippen LogP contribution in [0.2, 0.25) is 0 Å². The maximum absolute atomic E-state index is 8.90. The number of aliphatic hydroxyl groups excluding tert-OH is 1. The van der Waals surface area contributed by atoms with Crippen molar-refractivity contribution in [1.82, 2.24) is 0 Å². The molecule has 52 valence electrons. The van der Waals surface area contributed by atoms with Crippen LogP contribution in [0.15, 0.2) is 24.0 Å². The van der Waals surface area contributed by atoms with E-state index >= 15 is 0 Å². The smallest absolute Gasteiger partial charge is 0.111 e. The van der Waals surface area contributed by atoms with Crippen molar-refractivity contribution >= 4 is 11.6 Å². The van der Waals surface area contributed by atoms with Gasteiger partial charge in [-0.05, 0) is 18.6 Å². The maximum Gasteiger partial charge on any atom is 0.111 e. The van der Waals surface area contributed by atoms with Gasteiger partial charge in [0.15, 0.2) is 0 Å². The normalized spacial score (nSPS) is 12.9. The van der Waals surface area contributed by atoms with Gasteiger partial charge in [-0.2, -0.15) is 0 Å². The number of allylic oxidation sites excluding steroid dienone is 3. The summed E-state index contributed by atoms with van der Waals surface area (Å²) in [6.07, 6.45) is 5.86. The summed E-state index contributed by atoms with van der Waals surface area (Å²) in [5, 5.41) is 8.90. The van der Waals surface area contributed by atoms with Crippen molar-refractivity contribution in [2.75, 3.05) is 5.88 Å². The Labute approximate surface area is 60.6 Å². The van der Waals surface area contributed by atoms with Gasteiger partial charge in [-0.15, -0.1) is 11.6 Å². The van der Waals surface area contributed by atoms with Crippen LogP contribution in [0.1, 0.15) is 13.3 Å². The van der Waals surface area contributed by atoms with Crippen LogP contribution < -0.4 is 0 Å². The van der Waals surface area contributed by atoms with Gasteiger partial charge in [0, 0.05) is 5.88 Å². The minimum Gasteiger partial charge on any atom is -0.508 e. The van der Waals surface area contributed by atoms with E-state index < -0.39 is 0 Å². The number of hydrogen-bond donors (Lipinski definition) is 1. The molecule has 0 aliphatic heterocycles. The van der Waals surface area contributed by atoms with Crippen LogP contribution >= 0.6 is 11.6 Å². The highest BCUT2D eigenvalue weighted by Crippen LogP contribution is 1.93. The summed E-state index contributed by atoms with van der Waals surface area (Å²) in [7, 11) is 0. The first-order chi connectivity index (χ1) is 4.31. The van der Waals surface area contributed by atoms with Gasteiger partial charge in [-0.1, -0.05) is 13.0 Å². The molecule has 0 fully saturated rings. The molecule has 9 heavy (non-hydrogen) atoms. The third-order valence-corrected chi connectivity index (χ3v) is 0.969. The zero-order valence-corrected chi connectivity index (χ0v) is 6.23. The average Bonchev–Trinajstić information content (AvgIpc) is 1.85. The molecule has 1 N–H and O–H groups in total. The Balaban J connectivity index is 3.60. The Morgan fingerprint density at radius 3 is 2.78 bits per heavy atom. The Morgan fingerprint density at radius 1 is 1.67 bits per heavy atom. The minimum absolute atomic E-state index is 0.290. The third kappa shape index (κ3) is 5.44. The Morgan fingerprint density at radius 2 is 2.33 bits per heavy atom. The molecular weight excluding hydrogens is 136 g/mol. The Kier molecular flexibility index (Phi) is 5.43. The first-order valence-corrected chi connectivity index (χ1v) is 3.46. The molecule has 0 aliphatic carbocycles. The first kappa shape index (κ1) is 8.57. The third-order valence-electron chi connectivity index (χ3n) is 0.791. The summed E-state index contributed by atoms with van der Waals surface area (Å²) < 4.78 is 0. The lowest BCUT2D eigenvalue weighted by Crippen LogP contribution is -1.72. The molecule has 0 saturated carbocycles. The van der Waals surface area contributed by atoms with E-state index in [0.29, 0.717) is 5.88 Å². The van der Waals surface area contributed by atoms with Crippen LogP contribution in [-0.2, 0) is 0 Å². The Hall–Kier alpha value is -0.430. The van der Waals surface area contributed by atoms with Gasteiger partial charge in [0.05, 0.1) is 0 Å². The number of alkyl halides is 1. The minimum atomic E-state index is 0.290. The average molecular weight is 147 g/mol. The molecule has 0 aromatic carbocycles. The highest BCUT2D eigenvalue weighted by molar-refractivity contribution is 6.18. The van der Waals surface area contributed by atoms with Gasteiger partial charge in [-0.25, -0.2) is 0 Å². The summed E-state index contributed by atoms with van der Waals surface area (Å²) in [5.41, 5.74) is 0. The molecule has 0 unspecified atom stereocenters. The second-order valence-corrected chi connectivity index (χ2v) is 1.90. The van der Waals surface area contributed by atoms with Crippen LogP contribution in [0.5, 0.6) is 0 Å². The molecule has 0 bridgehead atoms. The fourth-order valence-corrected chi connectivity index (χ4v) is 0.532. The van der Waals surface area contributed by atoms with Crippen molar-refractivity contribution in [3.8, 4) is 0 Å². The first-order valence-electron chi connectivity index (χ1n) is 2.93. The number of halogens is 1. The van der Waals surface area contributed by atoms with Crippen LogP contribution in [0.4, 0.5) is 0 Å². The summed E-state index contributed by atoms with van der Waals surface area (Å²) in [6.45, 7) is 1.96. The molecule has 0 aromatic rings. The number of hydrogen-bond acceptors (Lipinski definition) is 1. The number of aliphatic hydroxyl groups is 1. The second-order valence-electron chi connectivity index (χ2n) is 1.59. The van der Waals surface area contributed by atoms with E-state index in [1.807, 2.05) is 6.92 Å². The molecular formula is C7H11ClO. The van der Waals surface area contributed by atoms with E-state index in [9.17, 15) is 0 Å². The van der Waals surface area contributed by atoms with Crippen molar-refractivity contribution in [3.05, 3.63) is 24.0 Å². The van der Waals surface area contributed by atoms with Gasteiger partial charge < -0.3 is 5.11 Å². The van der Waals surface area contributed by atoms with Crippen molar-refractivity contribution in [3.63, 3.8) is 0 Å². The lowest BCUT2D eigenvalue weighted by molar-refractivity contribution is 0.430. The van der Waals surface area contributed by atoms with E-state index in [4.69, 9.17) is 16.7 Å². The molecule has 2 heteroatoms. The predicted octanol–water partition coefficient (Wildman–Crippen LogP) is 2.63. The summed E-state index contributed by atoms with van der Waals surface area (Å²) >= 11 is 5.32. The lowest BCUT2D eigenvalue weighted by atomic mass is 10.3. The highest BCUT2D eigenvalue weighted by atomic mass is 35.5. The standard InChI is InChI=1S/C7H11ClO/c1-2-4-7(9)5-3-6-8/h3-5,9H,2,6H2,1H3/b5-3-,7-4+. The molecule has 0 rings (SSSR count). The fourth-order valence-electron chi connectivity index (χ4n) is 0.442. The van der Waals surface area contributed by atoms with Crippen molar-refractivity contribution < 1.29 is 5.11 Å². The van der Waals surface area contributed by atoms with Crippen LogP contribution in [-0.4, -0.2) is 11.0 Å². The topological polar surface area (TPSA) is 20.2 Å². The highest BCUT2D eigenvalue weighted by Gasteiger charge is 1.79. The maximum atomic E-state index is 8.90. The van der Waals surface area contributed by atoms with E-state index in [1.54, 1.807) is 18.2 Å². The zero-order valence-electron chi connectivity index (χ0n) is 5.47. The summed E-state index contributed by atoms with van der Waals surface area (Å²) in [4.78, 5) is 0. The molecule has 0 amide bonds. The van der Waals surface area contributed by atoms with E-state index in [2.05, 4.69) is 0 Å². The van der Waals surface area contributed by atoms with Crippen molar-refractivity contribution in [2.24, 2.45) is 0 Å². The van der Waals surface area contributed by atoms with Gasteiger partial charge in [0.25, 0.3) is 0 Å². The lowest BCUT2D eigenvalue weighted by Gasteiger charge is -1.86. The molecule has 0 spiro atoms. The van der Waals surface area contributed by atoms with Gasteiger partial charge >= 0.3 is 0 Å². The van der Waals surface area contributed by atoms with Crippen LogP contribution in [0.25, 0.3) is 0 Å². The molecule has 0 atom stereocenters. The van der Waals surface area contributed by atoms with Gasteiger partial charge in [0.1, 0.15) is 5.76 Å². The second kappa shape index (κ2) is 5.70. The summed E-state index contributed by atoms with van der Waals surface area (Å²) in [6, 6.07) is 0. The molecule has 0 heterocycles. The van der Waals surface area contributed by atoms with Gasteiger partial charge in [-0.3, -0.25) is 0 Å². The molecule has 0 aliphatic rings. The number of rotatable bonds is 3. The van der Waals surface area contributed by atoms with Crippen LogP contribution in [0.3, 0.4) is 0 Å². The Bertz CT molecular complexity index is 116. The van der Waals surface area contributed by atoms with Crippen molar-refractivity contribution in [1.29, 1.82) is 0 Å². The predicted molar refractivity (Wildman–Crippen MR) is 40.9 cm³/mol. The van der Waals surface area contributed by atoms with E-state index in [0.717, 1.165) is 6.42 Å². The van der Waals surface area contributed by atoms with E-state index in [-0.39, 0.29) is 5.76 Å². The van der Waals surface area contributed by atoms with Crippen LogP contribution in [0, 0.1) is 0 Å². The molecule has 0 saturated heterocycles. The van der Waals surface area contributed by atoms with Crippen molar-refractivity contribution in [2.45, 2.75) is 13.3 Å². The van der Waals surface area contributed by atoms with E-state index in [1.165, 1.54) is 0 Å².